The van der Waals surface area contributed by atoms with E-state index in [1.807, 2.05) is 68.4 Å². The minimum absolute atomic E-state index is 0.224. The standard InChI is InChI=1S/C32H46N4O7/c1-21(2)26-29(38)33-15-16-41-17-18-42-24-13-11-23(12-14-24)20-34-27(30(39)36-26)28(37)25(19-22-9-7-6-8-10-22)35-31(40)43-32(3,4)5/h6-14,21,25-28,34,37H,15-20H2,1-5H3,(H,33,38)(H,35,40)(H,36,39)/t25-,26?,27+,28?/m0/s1. The molecule has 2 unspecified atom stereocenters. The molecule has 2 aromatic rings. The predicted octanol–water partition coefficient (Wildman–Crippen LogP) is 2.31. The van der Waals surface area contributed by atoms with Gasteiger partial charge in [0.2, 0.25) is 11.8 Å². The Balaban J connectivity index is 1.92. The molecule has 43 heavy (non-hydrogen) atoms. The van der Waals surface area contributed by atoms with Crippen LogP contribution in [0.3, 0.4) is 0 Å². The number of rotatable bonds is 6. The molecule has 0 saturated carbocycles. The lowest BCUT2D eigenvalue weighted by Gasteiger charge is -2.33. The van der Waals surface area contributed by atoms with Gasteiger partial charge in [0.25, 0.3) is 0 Å². The summed E-state index contributed by atoms with van der Waals surface area (Å²) in [7, 11) is 0. The topological polar surface area (TPSA) is 147 Å². The van der Waals surface area contributed by atoms with Gasteiger partial charge in [-0.25, -0.2) is 4.79 Å². The normalized spacial score (nSPS) is 20.5. The van der Waals surface area contributed by atoms with E-state index in [4.69, 9.17) is 14.2 Å². The minimum Gasteiger partial charge on any atom is -0.491 e. The lowest BCUT2D eigenvalue weighted by atomic mass is 9.94. The average Bonchev–Trinajstić information content (AvgIpc) is 2.94. The Bertz CT molecular complexity index is 1170. The number of aliphatic hydroxyl groups is 1. The summed E-state index contributed by atoms with van der Waals surface area (Å²) < 4.78 is 16.7. The predicted molar refractivity (Wildman–Crippen MR) is 162 cm³/mol. The van der Waals surface area contributed by atoms with Crippen LogP contribution in [-0.4, -0.2) is 79.2 Å². The molecule has 3 amide bonds. The monoisotopic (exact) mass is 598 g/mol. The third-order valence-electron chi connectivity index (χ3n) is 6.78. The Morgan fingerprint density at radius 2 is 1.70 bits per heavy atom. The fraction of sp³-hybridized carbons (Fsp3) is 0.531. The molecule has 0 spiro atoms. The minimum atomic E-state index is -1.40. The van der Waals surface area contributed by atoms with Crippen LogP contribution in [0.15, 0.2) is 54.6 Å². The number of aliphatic hydroxyl groups excluding tert-OH is 1. The smallest absolute Gasteiger partial charge is 0.407 e. The molecule has 2 aliphatic rings. The number of alkyl carbamates (subject to hydrolysis) is 1. The Hall–Kier alpha value is -3.67. The second kappa shape index (κ2) is 16.3. The molecular weight excluding hydrogens is 552 g/mol. The highest BCUT2D eigenvalue weighted by Crippen LogP contribution is 2.16. The van der Waals surface area contributed by atoms with Gasteiger partial charge in [0.15, 0.2) is 0 Å². The van der Waals surface area contributed by atoms with E-state index in [0.29, 0.717) is 19.0 Å². The summed E-state index contributed by atoms with van der Waals surface area (Å²) in [6, 6.07) is 13.7. The van der Waals surface area contributed by atoms with Crippen molar-refractivity contribution in [2.45, 2.75) is 77.4 Å². The second-order valence-electron chi connectivity index (χ2n) is 11.9. The molecule has 236 valence electrons. The second-order valence-corrected chi connectivity index (χ2v) is 11.9. The molecule has 0 aliphatic carbocycles. The van der Waals surface area contributed by atoms with Gasteiger partial charge >= 0.3 is 6.09 Å². The molecule has 2 aliphatic heterocycles. The summed E-state index contributed by atoms with van der Waals surface area (Å²) in [4.78, 5) is 39.7. The van der Waals surface area contributed by atoms with Crippen molar-refractivity contribution >= 4 is 17.9 Å². The molecule has 2 aromatic carbocycles. The van der Waals surface area contributed by atoms with Crippen LogP contribution < -0.4 is 26.0 Å². The Morgan fingerprint density at radius 3 is 2.35 bits per heavy atom. The van der Waals surface area contributed by atoms with Gasteiger partial charge in [-0.1, -0.05) is 56.3 Å². The first-order valence-electron chi connectivity index (χ1n) is 14.8. The van der Waals surface area contributed by atoms with Crippen LogP contribution in [-0.2, 0) is 32.0 Å². The number of carbonyl (C=O) groups is 3. The average molecular weight is 599 g/mol. The van der Waals surface area contributed by atoms with E-state index >= 15 is 0 Å². The summed E-state index contributed by atoms with van der Waals surface area (Å²) in [5, 5.41) is 23.3. The van der Waals surface area contributed by atoms with Gasteiger partial charge in [0.1, 0.15) is 30.0 Å². The van der Waals surface area contributed by atoms with E-state index in [-0.39, 0.29) is 37.9 Å². The molecule has 4 rings (SSSR count). The van der Waals surface area contributed by atoms with Crippen molar-refractivity contribution in [3.8, 4) is 5.75 Å². The number of benzene rings is 2. The molecular formula is C32H46N4O7. The third kappa shape index (κ3) is 11.5. The van der Waals surface area contributed by atoms with Gasteiger partial charge in [-0.3, -0.25) is 14.9 Å². The fourth-order valence-corrected chi connectivity index (χ4v) is 4.57. The Morgan fingerprint density at radius 1 is 1.00 bits per heavy atom. The highest BCUT2D eigenvalue weighted by Gasteiger charge is 2.37. The highest BCUT2D eigenvalue weighted by atomic mass is 16.6. The fourth-order valence-electron chi connectivity index (χ4n) is 4.57. The van der Waals surface area contributed by atoms with Crippen molar-refractivity contribution in [2.24, 2.45) is 5.92 Å². The highest BCUT2D eigenvalue weighted by molar-refractivity contribution is 5.90. The molecule has 5 N–H and O–H groups in total. The van der Waals surface area contributed by atoms with E-state index in [1.165, 1.54) is 0 Å². The largest absolute Gasteiger partial charge is 0.491 e. The van der Waals surface area contributed by atoms with Crippen LogP contribution in [0, 0.1) is 5.92 Å². The van der Waals surface area contributed by atoms with Gasteiger partial charge in [-0.15, -0.1) is 0 Å². The van der Waals surface area contributed by atoms with Crippen LogP contribution in [0.4, 0.5) is 4.79 Å². The van der Waals surface area contributed by atoms with Gasteiger partial charge in [0, 0.05) is 13.1 Å². The van der Waals surface area contributed by atoms with Crippen LogP contribution >= 0.6 is 0 Å². The van der Waals surface area contributed by atoms with Gasteiger partial charge < -0.3 is 35.3 Å². The SMILES string of the molecule is CC(C)C1NC(=O)[C@@H](C(O)[C@H](Cc2ccccc2)NC(=O)OC(C)(C)C)NCc2ccc(cc2)OCCOCCNC1=O. The molecule has 2 heterocycles. The maximum absolute atomic E-state index is 13.8. The first-order chi connectivity index (χ1) is 20.4. The van der Waals surface area contributed by atoms with Crippen LogP contribution in [0.2, 0.25) is 0 Å². The summed E-state index contributed by atoms with van der Waals surface area (Å²) in [6.45, 7) is 10.4. The molecule has 11 nitrogen and oxygen atoms in total. The maximum atomic E-state index is 13.8. The van der Waals surface area contributed by atoms with Gasteiger partial charge in [0.05, 0.1) is 25.4 Å². The molecule has 11 heteroatoms. The molecule has 0 saturated heterocycles. The van der Waals surface area contributed by atoms with Crippen molar-refractivity contribution in [1.29, 1.82) is 0 Å². The molecule has 0 radical (unpaired) electrons. The Labute approximate surface area is 254 Å². The number of hydrogen-bond acceptors (Lipinski definition) is 8. The first-order valence-corrected chi connectivity index (χ1v) is 14.8. The molecule has 2 bridgehead atoms. The summed E-state index contributed by atoms with van der Waals surface area (Å²) in [5.41, 5.74) is 0.925. The lowest BCUT2D eigenvalue weighted by molar-refractivity contribution is -0.133. The molecule has 4 atom stereocenters. The van der Waals surface area contributed by atoms with Crippen molar-refractivity contribution in [1.82, 2.24) is 21.3 Å². The zero-order valence-corrected chi connectivity index (χ0v) is 25.7. The number of hydrogen-bond donors (Lipinski definition) is 5. The zero-order valence-electron chi connectivity index (χ0n) is 25.7. The van der Waals surface area contributed by atoms with Crippen molar-refractivity contribution < 1.29 is 33.7 Å². The quantitative estimate of drug-likeness (QED) is 0.319. The van der Waals surface area contributed by atoms with Crippen molar-refractivity contribution in [2.75, 3.05) is 26.4 Å². The van der Waals surface area contributed by atoms with E-state index in [0.717, 1.165) is 11.1 Å². The van der Waals surface area contributed by atoms with E-state index in [9.17, 15) is 19.5 Å². The maximum Gasteiger partial charge on any atom is 0.407 e. The van der Waals surface area contributed by atoms with Crippen LogP contribution in [0.1, 0.15) is 45.7 Å². The zero-order chi connectivity index (χ0) is 31.4. The molecule has 0 fully saturated rings. The molecule has 0 aromatic heterocycles. The van der Waals surface area contributed by atoms with Crippen LogP contribution in [0.5, 0.6) is 5.75 Å². The number of ether oxygens (including phenoxy) is 3. The number of amides is 3. The van der Waals surface area contributed by atoms with Gasteiger partial charge in [-0.2, -0.15) is 0 Å². The first kappa shape index (κ1) is 33.8. The van der Waals surface area contributed by atoms with Gasteiger partial charge in [-0.05, 0) is 56.4 Å². The third-order valence-corrected chi connectivity index (χ3v) is 6.78. The Kier molecular flexibility index (Phi) is 12.8. The van der Waals surface area contributed by atoms with Crippen molar-refractivity contribution in [3.63, 3.8) is 0 Å². The number of carbonyl (C=O) groups excluding carboxylic acids is 3. The van der Waals surface area contributed by atoms with E-state index < -0.39 is 41.8 Å². The van der Waals surface area contributed by atoms with E-state index in [2.05, 4.69) is 21.3 Å². The summed E-state index contributed by atoms with van der Waals surface area (Å²) >= 11 is 0. The summed E-state index contributed by atoms with van der Waals surface area (Å²) in [6.07, 6.45) is -1.89. The van der Waals surface area contributed by atoms with Crippen LogP contribution in [0.25, 0.3) is 0 Å². The van der Waals surface area contributed by atoms with E-state index in [1.54, 1.807) is 20.8 Å². The number of fused-ring (bicyclic) bond motifs is 15. The lowest BCUT2D eigenvalue weighted by Crippen LogP contribution is -2.62. The van der Waals surface area contributed by atoms with Crippen molar-refractivity contribution in [3.05, 3.63) is 65.7 Å². The summed E-state index contributed by atoms with van der Waals surface area (Å²) in [5.74, 6) is -0.516. The number of nitrogens with one attached hydrogen (secondary N) is 4.